The van der Waals surface area contributed by atoms with Crippen LogP contribution in [0.3, 0.4) is 0 Å². The van der Waals surface area contributed by atoms with Crippen LogP contribution < -0.4 is 4.74 Å². The summed E-state index contributed by atoms with van der Waals surface area (Å²) in [6.07, 6.45) is 7.77. The third-order valence-corrected chi connectivity index (χ3v) is 5.76. The van der Waals surface area contributed by atoms with Crippen LogP contribution in [-0.4, -0.2) is 23.1 Å². The number of ketones is 1. The smallest absolute Gasteiger partial charge is 0.174 e. The number of aromatic hydroxyl groups is 2. The Labute approximate surface area is 178 Å². The Morgan fingerprint density at radius 2 is 1.80 bits per heavy atom. The zero-order valence-electron chi connectivity index (χ0n) is 17.9. The maximum Gasteiger partial charge on any atom is 0.174 e. The summed E-state index contributed by atoms with van der Waals surface area (Å²) >= 11 is 0. The van der Waals surface area contributed by atoms with Crippen molar-refractivity contribution in [2.24, 2.45) is 5.92 Å². The van der Waals surface area contributed by atoms with E-state index >= 15 is 0 Å². The second-order valence-electron chi connectivity index (χ2n) is 8.15. The van der Waals surface area contributed by atoms with Gasteiger partial charge in [0, 0.05) is 18.1 Å². The first-order chi connectivity index (χ1) is 14.4. The summed E-state index contributed by atoms with van der Waals surface area (Å²) in [6, 6.07) is 12.8. The van der Waals surface area contributed by atoms with E-state index in [-0.39, 0.29) is 34.7 Å². The molecular formula is C26H30O4. The third kappa shape index (κ3) is 4.93. The number of phenols is 2. The lowest BCUT2D eigenvalue weighted by atomic mass is 9.72. The molecule has 2 aromatic rings. The molecule has 2 unspecified atom stereocenters. The number of benzene rings is 2. The van der Waals surface area contributed by atoms with Crippen LogP contribution in [0.25, 0.3) is 0 Å². The largest absolute Gasteiger partial charge is 0.507 e. The Bertz CT molecular complexity index is 929. The highest BCUT2D eigenvalue weighted by Gasteiger charge is 2.35. The van der Waals surface area contributed by atoms with Gasteiger partial charge in [0.05, 0.1) is 7.11 Å². The Balaban J connectivity index is 1.92. The van der Waals surface area contributed by atoms with E-state index in [2.05, 4.69) is 38.1 Å². The molecule has 0 saturated carbocycles. The van der Waals surface area contributed by atoms with Crippen LogP contribution in [0, 0.1) is 5.92 Å². The van der Waals surface area contributed by atoms with E-state index < -0.39 is 0 Å². The molecule has 0 aliphatic heterocycles. The van der Waals surface area contributed by atoms with Gasteiger partial charge in [-0.3, -0.25) is 4.79 Å². The number of carbonyl (C=O) groups is 1. The fraction of sp³-hybridized carbons (Fsp3) is 0.346. The monoisotopic (exact) mass is 406 g/mol. The number of Topliss-reactive ketones (excluding diaryl/α,β-unsaturated/α-hetero) is 1. The molecule has 1 aliphatic carbocycles. The lowest BCUT2D eigenvalue weighted by Crippen LogP contribution is -2.26. The lowest BCUT2D eigenvalue weighted by molar-refractivity contribution is 0.0889. The summed E-state index contributed by atoms with van der Waals surface area (Å²) in [7, 11) is 1.45. The van der Waals surface area contributed by atoms with E-state index in [0.29, 0.717) is 12.2 Å². The molecular weight excluding hydrogens is 376 g/mol. The average molecular weight is 407 g/mol. The first-order valence-corrected chi connectivity index (χ1v) is 10.4. The van der Waals surface area contributed by atoms with Crippen molar-refractivity contribution in [1.82, 2.24) is 0 Å². The maximum atomic E-state index is 13.4. The van der Waals surface area contributed by atoms with Gasteiger partial charge in [-0.1, -0.05) is 53.6 Å². The van der Waals surface area contributed by atoms with E-state index in [9.17, 15) is 15.0 Å². The summed E-state index contributed by atoms with van der Waals surface area (Å²) in [5, 5.41) is 20.8. The molecule has 0 heterocycles. The minimum atomic E-state index is -0.343. The van der Waals surface area contributed by atoms with Gasteiger partial charge in [-0.05, 0) is 51.0 Å². The Hall–Kier alpha value is -3.01. The molecule has 0 fully saturated rings. The molecule has 0 saturated heterocycles. The fourth-order valence-electron chi connectivity index (χ4n) is 4.20. The van der Waals surface area contributed by atoms with Crippen LogP contribution in [0.15, 0.2) is 65.8 Å². The summed E-state index contributed by atoms with van der Waals surface area (Å²) < 4.78 is 5.07. The molecule has 4 nitrogen and oxygen atoms in total. The predicted octanol–water partition coefficient (Wildman–Crippen LogP) is 6.16. The maximum absolute atomic E-state index is 13.4. The van der Waals surface area contributed by atoms with E-state index in [0.717, 1.165) is 24.8 Å². The SMILES string of the molecule is COc1cc(O)c(C(=O)C2CC=C(CCC=C(C)C)CC2c2ccccc2)c(O)c1. The molecule has 30 heavy (non-hydrogen) atoms. The van der Waals surface area contributed by atoms with Crippen molar-refractivity contribution >= 4 is 5.78 Å². The van der Waals surface area contributed by atoms with Crippen LogP contribution >= 0.6 is 0 Å². The predicted molar refractivity (Wildman–Crippen MR) is 119 cm³/mol. The number of methoxy groups -OCH3 is 1. The highest BCUT2D eigenvalue weighted by molar-refractivity contribution is 6.03. The van der Waals surface area contributed by atoms with Gasteiger partial charge in [0.15, 0.2) is 5.78 Å². The normalized spacial score (nSPS) is 18.4. The quantitative estimate of drug-likeness (QED) is 0.427. The molecule has 1 aliphatic rings. The van der Waals surface area contributed by atoms with Crippen LogP contribution in [0.2, 0.25) is 0 Å². The van der Waals surface area contributed by atoms with Gasteiger partial charge < -0.3 is 14.9 Å². The van der Waals surface area contributed by atoms with Gasteiger partial charge in [0.2, 0.25) is 0 Å². The lowest BCUT2D eigenvalue weighted by Gasteiger charge is -2.31. The third-order valence-electron chi connectivity index (χ3n) is 5.76. The van der Waals surface area contributed by atoms with Gasteiger partial charge in [-0.2, -0.15) is 0 Å². The number of carbonyl (C=O) groups excluding carboxylic acids is 1. The second-order valence-corrected chi connectivity index (χ2v) is 8.15. The number of ether oxygens (including phenoxy) is 1. The van der Waals surface area contributed by atoms with Crippen molar-refractivity contribution in [3.8, 4) is 17.2 Å². The molecule has 3 rings (SSSR count). The molecule has 0 radical (unpaired) electrons. The second kappa shape index (κ2) is 9.66. The topological polar surface area (TPSA) is 66.8 Å². The van der Waals surface area contributed by atoms with Crippen LogP contribution in [-0.2, 0) is 0 Å². The summed E-state index contributed by atoms with van der Waals surface area (Å²) in [5.41, 5.74) is 3.75. The van der Waals surface area contributed by atoms with E-state index in [4.69, 9.17) is 4.74 Å². The number of hydrogen-bond acceptors (Lipinski definition) is 4. The molecule has 0 bridgehead atoms. The highest BCUT2D eigenvalue weighted by atomic mass is 16.5. The standard InChI is InChI=1S/C26H30O4/c1-17(2)8-7-9-18-12-13-21(22(14-18)19-10-5-4-6-11-19)26(29)25-23(27)15-20(30-3)16-24(25)28/h4-6,8,10-12,15-16,21-22,27-28H,7,9,13-14H2,1-3H3. The summed E-state index contributed by atoms with van der Waals surface area (Å²) in [5.74, 6) is -0.757. The van der Waals surface area contributed by atoms with Crippen molar-refractivity contribution in [3.05, 3.63) is 76.9 Å². The fourth-order valence-corrected chi connectivity index (χ4v) is 4.20. The van der Waals surface area contributed by atoms with E-state index in [1.165, 1.54) is 30.4 Å². The Morgan fingerprint density at radius 3 is 2.40 bits per heavy atom. The van der Waals surface area contributed by atoms with Crippen LogP contribution in [0.1, 0.15) is 61.4 Å². The van der Waals surface area contributed by atoms with Crippen molar-refractivity contribution in [2.75, 3.05) is 7.11 Å². The molecule has 2 aromatic carbocycles. The first kappa shape index (κ1) is 21.7. The minimum absolute atomic E-state index is 0.00584. The summed E-state index contributed by atoms with van der Waals surface area (Å²) in [4.78, 5) is 13.4. The van der Waals surface area contributed by atoms with Crippen molar-refractivity contribution in [1.29, 1.82) is 0 Å². The minimum Gasteiger partial charge on any atom is -0.507 e. The van der Waals surface area contributed by atoms with Gasteiger partial charge in [-0.15, -0.1) is 0 Å². The highest BCUT2D eigenvalue weighted by Crippen LogP contribution is 2.43. The number of allylic oxidation sites excluding steroid dienone is 4. The zero-order chi connectivity index (χ0) is 21.7. The van der Waals surface area contributed by atoms with Crippen LogP contribution in [0.4, 0.5) is 0 Å². The molecule has 0 spiro atoms. The number of hydrogen-bond donors (Lipinski definition) is 2. The molecule has 158 valence electrons. The van der Waals surface area contributed by atoms with Gasteiger partial charge in [0.1, 0.15) is 22.8 Å². The van der Waals surface area contributed by atoms with Crippen molar-refractivity contribution in [3.63, 3.8) is 0 Å². The van der Waals surface area contributed by atoms with Gasteiger partial charge >= 0.3 is 0 Å². The number of phenolic OH excluding ortho intramolecular Hbond substituents is 2. The first-order valence-electron chi connectivity index (χ1n) is 10.4. The number of rotatable bonds is 7. The molecule has 2 N–H and O–H groups in total. The molecule has 0 amide bonds. The van der Waals surface area contributed by atoms with E-state index in [1.54, 1.807) is 0 Å². The Kier molecular flexibility index (Phi) is 6.99. The average Bonchev–Trinajstić information content (AvgIpc) is 2.73. The van der Waals surface area contributed by atoms with Gasteiger partial charge in [0.25, 0.3) is 0 Å². The van der Waals surface area contributed by atoms with Crippen LogP contribution in [0.5, 0.6) is 17.2 Å². The summed E-state index contributed by atoms with van der Waals surface area (Å²) in [6.45, 7) is 4.20. The molecule has 0 aromatic heterocycles. The molecule has 4 heteroatoms. The zero-order valence-corrected chi connectivity index (χ0v) is 17.9. The Morgan fingerprint density at radius 1 is 1.13 bits per heavy atom. The van der Waals surface area contributed by atoms with Crippen molar-refractivity contribution < 1.29 is 19.7 Å². The van der Waals surface area contributed by atoms with E-state index in [1.807, 2.05) is 18.2 Å². The molecule has 2 atom stereocenters. The van der Waals surface area contributed by atoms with Crippen molar-refractivity contribution in [2.45, 2.75) is 45.4 Å². The van der Waals surface area contributed by atoms with Gasteiger partial charge in [-0.25, -0.2) is 0 Å².